The van der Waals surface area contributed by atoms with Crippen molar-refractivity contribution in [2.24, 2.45) is 0 Å². The second-order valence-electron chi connectivity index (χ2n) is 20.1. The zero-order chi connectivity index (χ0) is 51.4. The Hall–Kier alpha value is -7.47. The van der Waals surface area contributed by atoms with E-state index in [0.717, 1.165) is 55.9 Å². The Morgan fingerprint density at radius 2 is 1.17 bits per heavy atom. The van der Waals surface area contributed by atoms with Gasteiger partial charge in [-0.3, -0.25) is 0 Å². The molecule has 8 heteroatoms. The fourth-order valence-electron chi connectivity index (χ4n) is 10.1. The molecule has 4 heterocycles. The molecule has 0 unspecified atom stereocenters. The summed E-state index contributed by atoms with van der Waals surface area (Å²) in [4.78, 5) is 7.50. The molecule has 0 radical (unpaired) electrons. The van der Waals surface area contributed by atoms with E-state index in [9.17, 15) is 2.74 Å². The van der Waals surface area contributed by atoms with Crippen LogP contribution in [-0.4, -0.2) is 25.6 Å². The molecule has 6 nitrogen and oxygen atoms in total. The predicted octanol–water partition coefficient (Wildman–Crippen LogP) is 15.1. The van der Waals surface area contributed by atoms with E-state index in [4.69, 9.17) is 12.5 Å². The van der Waals surface area contributed by atoms with Crippen LogP contribution in [0.5, 0.6) is 11.6 Å². The average molecular weight is 1090 g/mol. The molecular weight excluding hydrogens is 1040 g/mol. The van der Waals surface area contributed by atoms with Crippen molar-refractivity contribution in [2.45, 2.75) is 52.4 Å². The van der Waals surface area contributed by atoms with Crippen LogP contribution < -0.4 is 15.0 Å². The molecule has 344 valence electrons. The van der Waals surface area contributed by atoms with Gasteiger partial charge in [0.15, 0.2) is 0 Å². The molecule has 0 aliphatic carbocycles. The summed E-state index contributed by atoms with van der Waals surface area (Å²) in [6.45, 7) is 13.2. The van der Waals surface area contributed by atoms with E-state index in [-0.39, 0.29) is 42.0 Å². The van der Waals surface area contributed by atoms with Crippen molar-refractivity contribution >= 4 is 56.8 Å². The molecule has 1 aliphatic rings. The first-order valence-electron chi connectivity index (χ1n) is 25.7. The summed E-state index contributed by atoms with van der Waals surface area (Å²) in [6.07, 6.45) is 0. The summed E-state index contributed by atoms with van der Waals surface area (Å²) < 4.78 is 51.1. The Kier molecular flexibility index (Phi) is 9.50. The van der Waals surface area contributed by atoms with Crippen molar-refractivity contribution in [3.05, 3.63) is 221 Å². The van der Waals surface area contributed by atoms with Gasteiger partial charge in [-0.05, 0) is 6.07 Å². The molecule has 0 saturated carbocycles. The number of fused-ring (bicyclic) bond motifs is 4. The first-order chi connectivity index (χ1) is 35.6. The van der Waals surface area contributed by atoms with Crippen molar-refractivity contribution in [2.75, 3.05) is 4.81 Å². The van der Waals surface area contributed by atoms with E-state index in [1.54, 1.807) is 0 Å². The van der Waals surface area contributed by atoms with E-state index in [1.165, 1.54) is 21.9 Å². The number of aromatic nitrogens is 4. The number of hydrogen-bond acceptors (Lipinski definition) is 3. The molecular formula is C62H52BN5OPt. The zero-order valence-corrected chi connectivity index (χ0v) is 42.1. The van der Waals surface area contributed by atoms with Gasteiger partial charge in [-0.15, -0.1) is 0 Å². The summed E-state index contributed by atoms with van der Waals surface area (Å²) in [5.41, 5.74) is 12.6. The van der Waals surface area contributed by atoms with Crippen LogP contribution in [0.4, 0.5) is 11.5 Å². The van der Waals surface area contributed by atoms with Crippen molar-refractivity contribution in [1.82, 2.24) is 18.6 Å². The second-order valence-corrected chi connectivity index (χ2v) is 21.1. The van der Waals surface area contributed by atoms with Crippen LogP contribution in [0.3, 0.4) is 0 Å². The van der Waals surface area contributed by atoms with Crippen LogP contribution in [0.25, 0.3) is 66.5 Å². The Labute approximate surface area is 426 Å². The molecule has 12 rings (SSSR count). The van der Waals surface area contributed by atoms with E-state index in [1.807, 2.05) is 75.9 Å². The van der Waals surface area contributed by atoms with Crippen LogP contribution in [0.2, 0.25) is 0 Å². The molecule has 3 aromatic heterocycles. The second kappa shape index (κ2) is 16.9. The maximum atomic E-state index is 9.66. The third-order valence-corrected chi connectivity index (χ3v) is 14.6. The number of para-hydroxylation sites is 5. The van der Waals surface area contributed by atoms with Crippen LogP contribution in [0, 0.1) is 3.80 Å². The fraction of sp³-hybridized carbons (Fsp3) is 0.129. The third-order valence-electron chi connectivity index (χ3n) is 13.6. The molecule has 0 fully saturated rings. The summed E-state index contributed by atoms with van der Waals surface area (Å²) in [5.74, 6) is 1.64. The quantitative estimate of drug-likeness (QED) is 0.142. The van der Waals surface area contributed by atoms with Gasteiger partial charge in [-0.1, -0.05) is 60.7 Å². The standard InChI is InChI=1S/C62H52BN5O.Pt/c1-61(2,3)44-37-43(38-45(39-44)62(4,5)6)50-29-18-28-49(42-21-9-7-10-22-42)59(50)66-41-65(54-32-15-16-33-55(54)66)47-25-17-26-48(40-47)69-58-36-20-35-57(64-58)67-56-34-19-30-52-51-27-13-14-31-53(51)68(60(52)56)63(67)46-23-11-8-12-24-46;/h7-40H,1-6H3;/i15D,16D,32D,33D;. The summed E-state index contributed by atoms with van der Waals surface area (Å²) >= 11 is 2.30. The topological polar surface area (TPSA) is 40.1 Å². The van der Waals surface area contributed by atoms with Gasteiger partial charge in [0.2, 0.25) is 0 Å². The molecule has 0 saturated heterocycles. The van der Waals surface area contributed by atoms with E-state index < -0.39 is 0 Å². The zero-order valence-electron chi connectivity index (χ0n) is 43.9. The minimum atomic E-state index is -0.311. The Balaban J connectivity index is 1.02. The number of rotatable bonds is 8. The average Bonchev–Trinajstić information content (AvgIpc) is 4.07. The monoisotopic (exact) mass is 1090 g/mol. The van der Waals surface area contributed by atoms with Gasteiger partial charge in [-0.25, -0.2) is 0 Å². The summed E-state index contributed by atoms with van der Waals surface area (Å²) in [7, 11) is 0. The van der Waals surface area contributed by atoms with Gasteiger partial charge in [0.1, 0.15) is 0 Å². The first-order valence-corrected chi connectivity index (χ1v) is 24.9. The molecule has 70 heavy (non-hydrogen) atoms. The number of imidazole rings is 1. The number of benzene rings is 8. The Morgan fingerprint density at radius 1 is 0.557 bits per heavy atom. The number of anilines is 2. The normalized spacial score (nSPS) is 13.5. The fourth-order valence-corrected chi connectivity index (χ4v) is 11.2. The van der Waals surface area contributed by atoms with Gasteiger partial charge >= 0.3 is 345 Å². The van der Waals surface area contributed by atoms with Crippen molar-refractivity contribution in [3.63, 3.8) is 0 Å². The number of hydrogen-bond donors (Lipinski definition) is 0. The number of pyridine rings is 1. The van der Waals surface area contributed by atoms with Gasteiger partial charge in [-0.2, -0.15) is 0 Å². The molecule has 0 atom stereocenters. The van der Waals surface area contributed by atoms with Crippen molar-refractivity contribution < 1.29 is 29.6 Å². The molecule has 0 spiro atoms. The summed E-state index contributed by atoms with van der Waals surface area (Å²) in [6, 6.07) is 61.6. The maximum absolute atomic E-state index is 9.66. The molecule has 0 bridgehead atoms. The van der Waals surface area contributed by atoms with Gasteiger partial charge in [0, 0.05) is 16.3 Å². The Morgan fingerprint density at radius 3 is 1.90 bits per heavy atom. The molecule has 1 aliphatic heterocycles. The minimum absolute atomic E-state index is 0.134. The van der Waals surface area contributed by atoms with Crippen molar-refractivity contribution in [3.8, 4) is 45.3 Å². The Bertz CT molecular complexity index is 4090. The van der Waals surface area contributed by atoms with E-state index >= 15 is 0 Å². The van der Waals surface area contributed by atoms with Gasteiger partial charge < -0.3 is 0 Å². The molecule has 0 amide bonds. The van der Waals surface area contributed by atoms with Crippen LogP contribution in [0.15, 0.2) is 206 Å². The SMILES string of the molecule is [2H]c1c([2H])c([2H])c2c(c1[2H])n(-c1cccc(Oc3cccc(N4B(c5ccccc5)n5c6ccccc6c6cccc4c65)n3)c1)[c](=[Pt])n2-c1c(-c2ccccc2)cccc1-c1cc(C(C)(C)C)cc(C(C)(C)C)c1. The molecule has 11 aromatic rings. The summed E-state index contributed by atoms with van der Waals surface area (Å²) in [5, 5.41) is 2.40. The number of nitrogens with zero attached hydrogens (tertiary/aromatic N) is 5. The van der Waals surface area contributed by atoms with Gasteiger partial charge in [0.25, 0.3) is 0 Å². The first kappa shape index (κ1) is 39.4. The molecule has 0 N–H and O–H groups in total. The van der Waals surface area contributed by atoms with Crippen LogP contribution >= 0.6 is 0 Å². The van der Waals surface area contributed by atoms with Crippen LogP contribution in [-0.2, 0) is 30.2 Å². The van der Waals surface area contributed by atoms with Gasteiger partial charge in [0.05, 0.1) is 0 Å². The van der Waals surface area contributed by atoms with E-state index in [0.29, 0.717) is 32.2 Å². The third kappa shape index (κ3) is 7.38. The van der Waals surface area contributed by atoms with Crippen molar-refractivity contribution in [1.29, 1.82) is 0 Å². The molecule has 8 aromatic carbocycles. The van der Waals surface area contributed by atoms with Crippen LogP contribution in [0.1, 0.15) is 58.2 Å². The van der Waals surface area contributed by atoms with E-state index in [2.05, 4.69) is 185 Å². The predicted molar refractivity (Wildman–Crippen MR) is 287 cm³/mol. The number of ether oxygens (including phenoxy) is 1.